The number of rotatable bonds is 31. The van der Waals surface area contributed by atoms with Gasteiger partial charge in [0.15, 0.2) is 0 Å². The monoisotopic (exact) mass is 1570 g/mol. The van der Waals surface area contributed by atoms with Gasteiger partial charge in [-0.25, -0.2) is 23.6 Å². The van der Waals surface area contributed by atoms with E-state index in [0.29, 0.717) is 39.3 Å². The normalized spacial score (nSPS) is 21.1. The van der Waals surface area contributed by atoms with Crippen LogP contribution in [0.25, 0.3) is 0 Å². The van der Waals surface area contributed by atoms with E-state index in [1.165, 1.54) is 64.3 Å². The van der Waals surface area contributed by atoms with E-state index in [1.807, 2.05) is 117 Å². The summed E-state index contributed by atoms with van der Waals surface area (Å²) in [7, 11) is -4.12. The molecular weight excluding hydrogens is 1480 g/mol. The minimum absolute atomic E-state index is 0.00128. The topological polar surface area (TPSA) is 319 Å². The van der Waals surface area contributed by atoms with Gasteiger partial charge in [0.1, 0.15) is 59.6 Å². The van der Waals surface area contributed by atoms with Crippen LogP contribution in [0.2, 0.25) is 10.0 Å². The van der Waals surface area contributed by atoms with E-state index < -0.39 is 124 Å². The standard InChI is InChI=1S/C78H83Cl2N9O18P2/c1-47(2)89(48(3)4)108(100-38-18-36-81)105-62-41-68(87-43-49(5)72(90)84-76(87)94)103-65(62)46-101-109(96,106-61-26-16-15-25-60(61)80)107-63-42-69(88-44-50(6)73(91)85-77(88)95)104-71(63)70(52-21-17-24-56(79)39-52)59-40-67(86-37-35-66(83-75(86)93)82-74(92)51-19-11-9-12-20-51)102-64(59)45-99-78(53-22-13-10-14-23-53,54-27-31-57(97-7)32-28-54)55-29-33-58(98-8)34-30-55/h9-17,19-35,37,39,43-44,47-48,59,62-65,67-71H,18,38,40-42,45-46H2,1-8H3,(H,84,90,94)(H,85,91,95)(H,82,83,92,93)/t59-,62+,63+,64+,65-,67-,68-,69-,70?,71+,108?,109?/m1/s1. The van der Waals surface area contributed by atoms with Crippen LogP contribution >= 0.6 is 39.6 Å². The van der Waals surface area contributed by atoms with Crippen molar-refractivity contribution in [3.63, 3.8) is 0 Å². The first-order valence-corrected chi connectivity index (χ1v) is 38.7. The third kappa shape index (κ3) is 18.2. The van der Waals surface area contributed by atoms with Crippen molar-refractivity contribution in [3.05, 3.63) is 284 Å². The second kappa shape index (κ2) is 35.2. The van der Waals surface area contributed by atoms with Crippen LogP contribution in [0.4, 0.5) is 5.82 Å². The number of aryl methyl sites for hydroxylation is 2. The molecule has 3 aliphatic rings. The van der Waals surface area contributed by atoms with Gasteiger partial charge in [-0.2, -0.15) is 10.2 Å². The fourth-order valence-electron chi connectivity index (χ4n) is 14.1. The molecule has 27 nitrogen and oxygen atoms in total. The number of halogens is 2. The molecule has 6 aromatic carbocycles. The molecule has 3 saturated heterocycles. The highest BCUT2D eigenvalue weighted by atomic mass is 35.5. The van der Waals surface area contributed by atoms with Gasteiger partial charge < -0.3 is 47.3 Å². The van der Waals surface area contributed by atoms with Crippen molar-refractivity contribution in [3.8, 4) is 23.3 Å². The van der Waals surface area contributed by atoms with Crippen LogP contribution in [0.3, 0.4) is 0 Å². The molecule has 0 spiro atoms. The molecule has 3 unspecified atom stereocenters. The number of amides is 1. The fourth-order valence-corrected chi connectivity index (χ4v) is 17.7. The number of nitrogens with zero attached hydrogens (tertiary/aromatic N) is 6. The smallest absolute Gasteiger partial charge is 0.497 e. The number of carbonyl (C=O) groups is 1. The molecule has 0 saturated carbocycles. The molecule has 1 amide bonds. The molecule has 12 rings (SSSR count). The zero-order valence-corrected chi connectivity index (χ0v) is 64.2. The Kier molecular flexibility index (Phi) is 25.6. The molecule has 572 valence electrons. The molecule has 3 aliphatic heterocycles. The molecule has 31 heteroatoms. The van der Waals surface area contributed by atoms with E-state index in [1.54, 1.807) is 74.9 Å². The van der Waals surface area contributed by atoms with Crippen molar-refractivity contribution in [2.45, 2.75) is 140 Å². The summed E-state index contributed by atoms with van der Waals surface area (Å²) >= 11 is 14.0. The molecule has 9 aromatic rings. The minimum Gasteiger partial charge on any atom is -0.497 e. The largest absolute Gasteiger partial charge is 0.530 e. The van der Waals surface area contributed by atoms with Gasteiger partial charge in [-0.15, -0.1) is 0 Å². The van der Waals surface area contributed by atoms with Crippen LogP contribution in [-0.4, -0.2) is 116 Å². The lowest BCUT2D eigenvalue weighted by Crippen LogP contribution is -2.41. The lowest BCUT2D eigenvalue weighted by molar-refractivity contribution is -0.0965. The summed E-state index contributed by atoms with van der Waals surface area (Å²) in [5.74, 6) is -1.47. The van der Waals surface area contributed by atoms with E-state index in [0.717, 1.165) is 0 Å². The summed E-state index contributed by atoms with van der Waals surface area (Å²) in [5, 5.41) is 12.6. The zero-order valence-electron chi connectivity index (χ0n) is 60.9. The lowest BCUT2D eigenvalue weighted by atomic mass is 9.76. The molecule has 3 fully saturated rings. The van der Waals surface area contributed by atoms with Crippen molar-refractivity contribution in [1.82, 2.24) is 33.3 Å². The number of phosphoric ester groups is 1. The van der Waals surface area contributed by atoms with E-state index in [2.05, 4.69) is 26.3 Å². The van der Waals surface area contributed by atoms with Crippen LogP contribution in [-0.2, 0) is 47.2 Å². The molecule has 12 atom stereocenters. The number of hydrogen-bond acceptors (Lipinski definition) is 21. The van der Waals surface area contributed by atoms with E-state index >= 15 is 4.57 Å². The minimum atomic E-state index is -5.26. The first-order chi connectivity index (χ1) is 52.5. The Morgan fingerprint density at radius 3 is 1.85 bits per heavy atom. The molecule has 3 aromatic heterocycles. The van der Waals surface area contributed by atoms with Gasteiger partial charge in [0.25, 0.3) is 25.6 Å². The van der Waals surface area contributed by atoms with Gasteiger partial charge in [0, 0.05) is 77.1 Å². The van der Waals surface area contributed by atoms with Crippen molar-refractivity contribution in [1.29, 1.82) is 5.26 Å². The highest BCUT2D eigenvalue weighted by molar-refractivity contribution is 7.49. The van der Waals surface area contributed by atoms with Crippen LogP contribution in [0.1, 0.15) is 122 Å². The number of para-hydroxylation sites is 1. The lowest BCUT2D eigenvalue weighted by Gasteiger charge is -2.39. The van der Waals surface area contributed by atoms with Crippen molar-refractivity contribution in [2.75, 3.05) is 39.4 Å². The van der Waals surface area contributed by atoms with E-state index in [4.69, 9.17) is 74.2 Å². The molecule has 109 heavy (non-hydrogen) atoms. The summed E-state index contributed by atoms with van der Waals surface area (Å²) in [4.78, 5) is 91.3. The van der Waals surface area contributed by atoms with Gasteiger partial charge in [0.2, 0.25) is 0 Å². The fraction of sp³-hybridized carbons (Fsp3) is 0.359. The third-order valence-electron chi connectivity index (χ3n) is 19.2. The van der Waals surface area contributed by atoms with Gasteiger partial charge in [-0.05, 0) is 137 Å². The van der Waals surface area contributed by atoms with Crippen LogP contribution in [0.15, 0.2) is 206 Å². The predicted octanol–water partition coefficient (Wildman–Crippen LogP) is 13.1. The molecule has 0 aliphatic carbocycles. The van der Waals surface area contributed by atoms with Crippen molar-refractivity contribution < 1.29 is 60.4 Å². The number of aromatic amines is 2. The van der Waals surface area contributed by atoms with Crippen molar-refractivity contribution in [2.24, 2.45) is 5.92 Å². The summed E-state index contributed by atoms with van der Waals surface area (Å²) in [6.07, 6.45) is -5.95. The number of nitriles is 1. The quantitative estimate of drug-likeness (QED) is 0.0206. The molecule has 6 heterocycles. The summed E-state index contributed by atoms with van der Waals surface area (Å²) in [6.45, 7) is 9.99. The number of phosphoric acid groups is 1. The Hall–Kier alpha value is -9.20. The van der Waals surface area contributed by atoms with Gasteiger partial charge in [-0.3, -0.25) is 47.1 Å². The summed E-state index contributed by atoms with van der Waals surface area (Å²) in [5.41, 5.74) is -1.90. The predicted molar refractivity (Wildman–Crippen MR) is 407 cm³/mol. The number of hydrogen-bond donors (Lipinski definition) is 3. The Labute approximate surface area is 639 Å². The first-order valence-electron chi connectivity index (χ1n) is 35.4. The maximum Gasteiger partial charge on any atom is 0.530 e. The maximum absolute atomic E-state index is 16.7. The average Bonchev–Trinajstić information content (AvgIpc) is 0.810. The van der Waals surface area contributed by atoms with E-state index in [9.17, 15) is 34.0 Å². The number of ether oxygens (including phenoxy) is 6. The number of aromatic nitrogens is 6. The van der Waals surface area contributed by atoms with Crippen LogP contribution in [0.5, 0.6) is 17.2 Å². The number of H-pyrrole nitrogens is 2. The Morgan fingerprint density at radius 2 is 1.27 bits per heavy atom. The Balaban J connectivity index is 0.998. The van der Waals surface area contributed by atoms with Crippen LogP contribution in [0, 0.1) is 31.1 Å². The molecule has 0 radical (unpaired) electrons. The number of benzene rings is 6. The summed E-state index contributed by atoms with van der Waals surface area (Å²) in [6, 6.07) is 49.3. The first kappa shape index (κ1) is 79.4. The second-order valence-corrected chi connectivity index (χ2v) is 30.8. The third-order valence-corrected chi connectivity index (χ3v) is 23.3. The number of nitrogens with one attached hydrogen (secondary N) is 3. The van der Waals surface area contributed by atoms with Gasteiger partial charge in [-0.1, -0.05) is 120 Å². The molecule has 3 N–H and O–H groups in total. The van der Waals surface area contributed by atoms with Gasteiger partial charge in [0.05, 0.1) is 69.9 Å². The van der Waals surface area contributed by atoms with E-state index in [-0.39, 0.29) is 83.7 Å². The molecule has 0 bridgehead atoms. The number of anilines is 1. The summed E-state index contributed by atoms with van der Waals surface area (Å²) < 4.78 is 96.2. The average molecular weight is 1570 g/mol. The Morgan fingerprint density at radius 1 is 0.697 bits per heavy atom. The number of carbonyl (C=O) groups excluding carboxylic acids is 1. The second-order valence-electron chi connectivity index (χ2n) is 27.0. The SMILES string of the molecule is COc1ccc(C(OC[C@@H]2O[C@@H](n3ccc(NC(=O)c4ccccc4)nc3=O)C[C@H]2C(c2cccc(Cl)c2)[C@H]2O[C@@H](n3cc(C)c(=O)[nH]c3=O)C[C@@H]2OP(=O)(OC[C@H]2O[C@@H](n3cc(C)c(=O)[nH]c3=O)C[C@@H]2OP(OCCC#N)N(C(C)C)C(C)C)Oc2ccccc2Cl)(c2ccccc2)c2ccc(OC)cc2)cc1. The Bertz CT molecular complexity index is 5010. The zero-order chi connectivity index (χ0) is 77.3. The van der Waals surface area contributed by atoms with Gasteiger partial charge >= 0.3 is 24.9 Å². The maximum atomic E-state index is 16.7. The van der Waals surface area contributed by atoms with Crippen molar-refractivity contribution >= 4 is 51.3 Å². The van der Waals surface area contributed by atoms with Crippen LogP contribution < -0.4 is 47.5 Å². The highest BCUT2D eigenvalue weighted by Gasteiger charge is 2.55. The number of methoxy groups -OCH3 is 2. The molecular formula is C78H83Cl2N9O18P2. The highest BCUT2D eigenvalue weighted by Crippen LogP contribution is 2.59.